The Balaban J connectivity index is 0.00000242. The van der Waals surface area contributed by atoms with Gasteiger partial charge in [0, 0.05) is 20.1 Å². The summed E-state index contributed by atoms with van der Waals surface area (Å²) in [5, 5.41) is 10.6. The van der Waals surface area contributed by atoms with Gasteiger partial charge in [0.1, 0.15) is 18.7 Å². The van der Waals surface area contributed by atoms with Crippen molar-refractivity contribution in [3.8, 4) is 0 Å². The Morgan fingerprint density at radius 1 is 1.23 bits per heavy atom. The van der Waals surface area contributed by atoms with Crippen molar-refractivity contribution in [2.45, 2.75) is 19.9 Å². The summed E-state index contributed by atoms with van der Waals surface area (Å²) in [4.78, 5) is 8.68. The molecule has 0 atom stereocenters. The molecular formula is C15H23IN6. The lowest BCUT2D eigenvalue weighted by Gasteiger charge is -2.11. The lowest BCUT2D eigenvalue weighted by molar-refractivity contribution is 0.697. The lowest BCUT2D eigenvalue weighted by atomic mass is 10.1. The van der Waals surface area contributed by atoms with E-state index in [2.05, 4.69) is 56.9 Å². The second-order valence-corrected chi connectivity index (χ2v) is 4.66. The number of nitrogens with one attached hydrogen (secondary N) is 2. The molecule has 0 unspecified atom stereocenters. The molecule has 6 nitrogen and oxygen atoms in total. The fraction of sp³-hybridized carbons (Fsp3) is 0.400. The topological polar surface area (TPSA) is 67.1 Å². The van der Waals surface area contributed by atoms with Crippen molar-refractivity contribution < 1.29 is 0 Å². The van der Waals surface area contributed by atoms with Crippen molar-refractivity contribution in [3.05, 3.63) is 48.0 Å². The third-order valence-corrected chi connectivity index (χ3v) is 3.08. The van der Waals surface area contributed by atoms with Crippen molar-refractivity contribution in [1.29, 1.82) is 0 Å². The highest BCUT2D eigenvalue weighted by molar-refractivity contribution is 14.0. The number of aryl methyl sites for hydroxylation is 1. The summed E-state index contributed by atoms with van der Waals surface area (Å²) in [6.45, 7) is 4.23. The summed E-state index contributed by atoms with van der Waals surface area (Å²) in [5.41, 5.74) is 1.31. The van der Waals surface area contributed by atoms with Gasteiger partial charge in [-0.15, -0.1) is 24.0 Å². The van der Waals surface area contributed by atoms with E-state index in [1.54, 1.807) is 11.0 Å². The smallest absolute Gasteiger partial charge is 0.191 e. The van der Waals surface area contributed by atoms with Crippen LogP contribution < -0.4 is 10.6 Å². The van der Waals surface area contributed by atoms with E-state index < -0.39 is 0 Å². The largest absolute Gasteiger partial charge is 0.357 e. The molecule has 0 fully saturated rings. The van der Waals surface area contributed by atoms with Crippen LogP contribution in [0.1, 0.15) is 18.3 Å². The van der Waals surface area contributed by atoms with Crippen LogP contribution >= 0.6 is 24.0 Å². The number of nitrogens with zero attached hydrogens (tertiary/aromatic N) is 4. The normalized spacial score (nSPS) is 10.9. The van der Waals surface area contributed by atoms with Gasteiger partial charge < -0.3 is 10.6 Å². The van der Waals surface area contributed by atoms with Crippen LogP contribution in [-0.4, -0.2) is 33.8 Å². The van der Waals surface area contributed by atoms with Gasteiger partial charge in [0.25, 0.3) is 0 Å². The van der Waals surface area contributed by atoms with E-state index in [9.17, 15) is 0 Å². The van der Waals surface area contributed by atoms with Crippen molar-refractivity contribution >= 4 is 29.9 Å². The first-order valence-corrected chi connectivity index (χ1v) is 7.18. The van der Waals surface area contributed by atoms with Crippen LogP contribution in [0.15, 0.2) is 41.7 Å². The summed E-state index contributed by atoms with van der Waals surface area (Å²) in [5.74, 6) is 1.65. The number of guanidine groups is 1. The predicted molar refractivity (Wildman–Crippen MR) is 99.4 cm³/mol. The van der Waals surface area contributed by atoms with Gasteiger partial charge in [0.15, 0.2) is 5.96 Å². The molecule has 0 saturated heterocycles. The van der Waals surface area contributed by atoms with Crippen LogP contribution in [0, 0.1) is 0 Å². The van der Waals surface area contributed by atoms with Gasteiger partial charge in [-0.25, -0.2) is 9.98 Å². The number of halogens is 1. The van der Waals surface area contributed by atoms with E-state index in [4.69, 9.17) is 0 Å². The van der Waals surface area contributed by atoms with Gasteiger partial charge in [-0.05, 0) is 18.9 Å². The highest BCUT2D eigenvalue weighted by atomic mass is 127. The Morgan fingerprint density at radius 2 is 2.00 bits per heavy atom. The van der Waals surface area contributed by atoms with Crippen LogP contribution in [0.5, 0.6) is 0 Å². The first kappa shape index (κ1) is 18.4. The Morgan fingerprint density at radius 3 is 2.64 bits per heavy atom. The Hall–Kier alpha value is -1.64. The number of aliphatic imine (C=N–C) groups is 1. The van der Waals surface area contributed by atoms with Crippen LogP contribution in [0.25, 0.3) is 0 Å². The molecule has 1 aromatic carbocycles. The maximum Gasteiger partial charge on any atom is 0.191 e. The van der Waals surface area contributed by atoms with Gasteiger partial charge in [-0.3, -0.25) is 4.68 Å². The number of aromatic nitrogens is 3. The number of benzene rings is 1. The molecule has 0 spiro atoms. The third kappa shape index (κ3) is 6.00. The summed E-state index contributed by atoms with van der Waals surface area (Å²) in [6, 6.07) is 10.4. The number of hydrogen-bond donors (Lipinski definition) is 2. The second kappa shape index (κ2) is 10.1. The van der Waals surface area contributed by atoms with Gasteiger partial charge >= 0.3 is 0 Å². The van der Waals surface area contributed by atoms with Crippen molar-refractivity contribution in [2.24, 2.45) is 12.0 Å². The standard InChI is InChI=1S/C15H22N6.HI/c1-3-16-15(18-11-14-19-12-20-21(14)2)17-10-9-13-7-5-4-6-8-13;/h4-8,12H,3,9-11H2,1-2H3,(H2,16,17,18);1H. The van der Waals surface area contributed by atoms with E-state index >= 15 is 0 Å². The van der Waals surface area contributed by atoms with E-state index in [1.807, 2.05) is 13.1 Å². The summed E-state index contributed by atoms with van der Waals surface area (Å²) in [6.07, 6.45) is 2.51. The minimum atomic E-state index is 0. The quantitative estimate of drug-likeness (QED) is 0.429. The van der Waals surface area contributed by atoms with E-state index in [-0.39, 0.29) is 24.0 Å². The molecule has 0 radical (unpaired) electrons. The van der Waals surface area contributed by atoms with Crippen LogP contribution in [0.2, 0.25) is 0 Å². The lowest BCUT2D eigenvalue weighted by Crippen LogP contribution is -2.38. The van der Waals surface area contributed by atoms with Gasteiger partial charge in [0.2, 0.25) is 0 Å². The second-order valence-electron chi connectivity index (χ2n) is 4.66. The predicted octanol–water partition coefficient (Wildman–Crippen LogP) is 1.73. The van der Waals surface area contributed by atoms with Crippen LogP contribution in [-0.2, 0) is 20.0 Å². The minimum Gasteiger partial charge on any atom is -0.357 e. The fourth-order valence-corrected chi connectivity index (χ4v) is 1.92. The van der Waals surface area contributed by atoms with Crippen molar-refractivity contribution in [3.63, 3.8) is 0 Å². The van der Waals surface area contributed by atoms with E-state index in [1.165, 1.54) is 5.56 Å². The molecule has 2 aromatic rings. The van der Waals surface area contributed by atoms with Gasteiger partial charge in [0.05, 0.1) is 0 Å². The monoisotopic (exact) mass is 414 g/mol. The number of hydrogen-bond acceptors (Lipinski definition) is 3. The van der Waals surface area contributed by atoms with E-state index in [0.29, 0.717) is 6.54 Å². The third-order valence-electron chi connectivity index (χ3n) is 3.08. The average molecular weight is 414 g/mol. The van der Waals surface area contributed by atoms with Gasteiger partial charge in [-0.2, -0.15) is 5.10 Å². The molecule has 0 aliphatic rings. The molecule has 120 valence electrons. The zero-order valence-corrected chi connectivity index (χ0v) is 15.3. The molecule has 0 bridgehead atoms. The summed E-state index contributed by atoms with van der Waals surface area (Å²) in [7, 11) is 1.87. The fourth-order valence-electron chi connectivity index (χ4n) is 1.92. The number of rotatable bonds is 6. The first-order chi connectivity index (χ1) is 10.3. The zero-order chi connectivity index (χ0) is 14.9. The van der Waals surface area contributed by atoms with Crippen LogP contribution in [0.3, 0.4) is 0 Å². The molecule has 0 amide bonds. The first-order valence-electron chi connectivity index (χ1n) is 7.18. The highest BCUT2D eigenvalue weighted by Crippen LogP contribution is 1.98. The SMILES string of the molecule is CCNC(=NCc1ncnn1C)NCCc1ccccc1.I. The zero-order valence-electron chi connectivity index (χ0n) is 13.0. The molecule has 2 rings (SSSR count). The average Bonchev–Trinajstić information content (AvgIpc) is 2.91. The van der Waals surface area contributed by atoms with E-state index in [0.717, 1.165) is 31.3 Å². The molecule has 2 N–H and O–H groups in total. The molecule has 1 heterocycles. The molecule has 7 heteroatoms. The summed E-state index contributed by atoms with van der Waals surface area (Å²) >= 11 is 0. The Labute approximate surface area is 148 Å². The molecule has 1 aromatic heterocycles. The maximum atomic E-state index is 4.52. The Kier molecular flexibility index (Phi) is 8.49. The van der Waals surface area contributed by atoms with Crippen molar-refractivity contribution in [1.82, 2.24) is 25.4 Å². The minimum absolute atomic E-state index is 0. The molecule has 22 heavy (non-hydrogen) atoms. The van der Waals surface area contributed by atoms with Gasteiger partial charge in [-0.1, -0.05) is 30.3 Å². The highest BCUT2D eigenvalue weighted by Gasteiger charge is 2.01. The molecule has 0 saturated carbocycles. The molecular weight excluding hydrogens is 391 g/mol. The van der Waals surface area contributed by atoms with Crippen molar-refractivity contribution in [2.75, 3.05) is 13.1 Å². The molecule has 0 aliphatic heterocycles. The maximum absolute atomic E-state index is 4.52. The van der Waals surface area contributed by atoms with Crippen LogP contribution in [0.4, 0.5) is 0 Å². The summed E-state index contributed by atoms with van der Waals surface area (Å²) < 4.78 is 1.73. The molecule has 0 aliphatic carbocycles. The Bertz CT molecular complexity index is 566.